The van der Waals surface area contributed by atoms with Crippen molar-refractivity contribution in [1.29, 1.82) is 0 Å². The molecule has 1 unspecified atom stereocenters. The van der Waals surface area contributed by atoms with Gasteiger partial charge in [0.15, 0.2) is 0 Å². The van der Waals surface area contributed by atoms with Crippen LogP contribution in [0.15, 0.2) is 54.1 Å². The van der Waals surface area contributed by atoms with Gasteiger partial charge in [0.1, 0.15) is 11.5 Å². The second kappa shape index (κ2) is 7.41. The predicted octanol–water partition coefficient (Wildman–Crippen LogP) is 2.81. The molecule has 4 N–H and O–H groups in total. The van der Waals surface area contributed by atoms with Crippen molar-refractivity contribution in [1.82, 2.24) is 10.6 Å². The molecule has 7 nitrogen and oxygen atoms in total. The minimum atomic E-state index is -0.944. The third-order valence-corrected chi connectivity index (χ3v) is 4.02. The fourth-order valence-electron chi connectivity index (χ4n) is 2.90. The van der Waals surface area contributed by atoms with Gasteiger partial charge in [0, 0.05) is 11.6 Å². The first-order valence-electron chi connectivity index (χ1n) is 8.46. The third-order valence-electron chi connectivity index (χ3n) is 4.02. The van der Waals surface area contributed by atoms with Gasteiger partial charge in [-0.1, -0.05) is 30.3 Å². The van der Waals surface area contributed by atoms with Crippen LogP contribution in [0.2, 0.25) is 0 Å². The fraction of sp³-hybridized carbons (Fsp3) is 0.200. The molecule has 0 saturated heterocycles. The number of urea groups is 1. The van der Waals surface area contributed by atoms with Crippen molar-refractivity contribution in [3.05, 3.63) is 65.2 Å². The maximum absolute atomic E-state index is 12.9. The van der Waals surface area contributed by atoms with Gasteiger partial charge in [0.2, 0.25) is 0 Å². The van der Waals surface area contributed by atoms with Crippen molar-refractivity contribution in [2.24, 2.45) is 0 Å². The zero-order chi connectivity index (χ0) is 19.6. The zero-order valence-electron chi connectivity index (χ0n) is 14.9. The number of ether oxygens (including phenoxy) is 1. The molecule has 0 radical (unpaired) electrons. The predicted molar refractivity (Wildman–Crippen MR) is 98.8 cm³/mol. The lowest BCUT2D eigenvalue weighted by Gasteiger charge is -2.30. The van der Waals surface area contributed by atoms with Gasteiger partial charge in [-0.2, -0.15) is 0 Å². The van der Waals surface area contributed by atoms with Crippen molar-refractivity contribution in [2.45, 2.75) is 26.0 Å². The Morgan fingerprint density at radius 1 is 1.11 bits per heavy atom. The first kappa shape index (κ1) is 18.3. The largest absolute Gasteiger partial charge is 0.508 e. The van der Waals surface area contributed by atoms with Crippen LogP contribution >= 0.6 is 0 Å². The van der Waals surface area contributed by atoms with E-state index in [-0.39, 0.29) is 28.7 Å². The number of carbonyl (C=O) groups excluding carboxylic acids is 2. The van der Waals surface area contributed by atoms with Gasteiger partial charge in [-0.05, 0) is 31.5 Å². The van der Waals surface area contributed by atoms with E-state index in [1.807, 2.05) is 6.07 Å². The van der Waals surface area contributed by atoms with Crippen LogP contribution in [0.3, 0.4) is 0 Å². The van der Waals surface area contributed by atoms with Crippen molar-refractivity contribution < 1.29 is 24.5 Å². The van der Waals surface area contributed by atoms with Gasteiger partial charge in [0.05, 0.1) is 23.4 Å². The normalized spacial score (nSPS) is 16.7. The number of amides is 2. The summed E-state index contributed by atoms with van der Waals surface area (Å²) in [5.74, 6) is -0.992. The molecule has 0 aromatic heterocycles. The van der Waals surface area contributed by atoms with E-state index < -0.39 is 18.0 Å². The highest BCUT2D eigenvalue weighted by molar-refractivity contribution is 6.04. The summed E-state index contributed by atoms with van der Waals surface area (Å²) in [6, 6.07) is 11.4. The Hall–Kier alpha value is -3.48. The summed E-state index contributed by atoms with van der Waals surface area (Å²) in [5, 5.41) is 25.1. The van der Waals surface area contributed by atoms with Gasteiger partial charge < -0.3 is 25.6 Å². The fourth-order valence-corrected chi connectivity index (χ4v) is 2.90. The number of aromatic hydroxyl groups is 2. The van der Waals surface area contributed by atoms with Crippen LogP contribution in [0.5, 0.6) is 11.5 Å². The molecule has 0 bridgehead atoms. The standard InChI is InChI=1S/C20H20N2O5/c1-11(2)27-19(25)16-17(12-6-4-3-5-7-12)21-20(26)22-18(16)14-9-8-13(23)10-15(14)24/h3-11,18,23-24H,1-2H3,(H2,21,22,26). The molecule has 2 amide bonds. The second-order valence-corrected chi connectivity index (χ2v) is 6.38. The second-order valence-electron chi connectivity index (χ2n) is 6.38. The highest BCUT2D eigenvalue weighted by Crippen LogP contribution is 2.37. The molecule has 27 heavy (non-hydrogen) atoms. The lowest BCUT2D eigenvalue weighted by atomic mass is 9.92. The van der Waals surface area contributed by atoms with E-state index in [1.165, 1.54) is 12.1 Å². The van der Waals surface area contributed by atoms with E-state index >= 15 is 0 Å². The summed E-state index contributed by atoms with van der Waals surface area (Å²) in [6.07, 6.45) is -0.367. The molecular formula is C20H20N2O5. The Morgan fingerprint density at radius 2 is 1.81 bits per heavy atom. The third kappa shape index (κ3) is 3.87. The lowest BCUT2D eigenvalue weighted by Crippen LogP contribution is -2.45. The number of phenols is 2. The molecule has 1 heterocycles. The molecular weight excluding hydrogens is 348 g/mol. The van der Waals surface area contributed by atoms with Crippen molar-refractivity contribution >= 4 is 17.7 Å². The van der Waals surface area contributed by atoms with E-state index in [9.17, 15) is 19.8 Å². The van der Waals surface area contributed by atoms with E-state index in [4.69, 9.17) is 4.74 Å². The first-order chi connectivity index (χ1) is 12.9. The molecule has 1 aliphatic rings. The molecule has 0 saturated carbocycles. The number of rotatable bonds is 4. The van der Waals surface area contributed by atoms with E-state index in [1.54, 1.807) is 38.1 Å². The molecule has 2 aromatic rings. The summed E-state index contributed by atoms with van der Waals surface area (Å²) < 4.78 is 5.37. The maximum Gasteiger partial charge on any atom is 0.338 e. The average molecular weight is 368 g/mol. The Labute approximate surface area is 156 Å². The van der Waals surface area contributed by atoms with Gasteiger partial charge in [-0.3, -0.25) is 0 Å². The minimum absolute atomic E-state index is 0.130. The number of carbonyl (C=O) groups is 2. The van der Waals surface area contributed by atoms with Gasteiger partial charge in [-0.25, -0.2) is 9.59 Å². The molecule has 1 atom stereocenters. The molecule has 7 heteroatoms. The van der Waals surface area contributed by atoms with E-state index in [0.717, 1.165) is 6.07 Å². The minimum Gasteiger partial charge on any atom is -0.508 e. The Kier molecular flexibility index (Phi) is 5.03. The lowest BCUT2D eigenvalue weighted by molar-refractivity contribution is -0.143. The average Bonchev–Trinajstić information content (AvgIpc) is 2.61. The molecule has 0 aliphatic carbocycles. The molecule has 140 valence electrons. The van der Waals surface area contributed by atoms with Crippen molar-refractivity contribution in [3.63, 3.8) is 0 Å². The number of nitrogens with one attached hydrogen (secondary N) is 2. The monoisotopic (exact) mass is 368 g/mol. The Morgan fingerprint density at radius 3 is 2.44 bits per heavy atom. The quantitative estimate of drug-likeness (QED) is 0.621. The number of hydrogen-bond donors (Lipinski definition) is 4. The van der Waals surface area contributed by atoms with Crippen LogP contribution in [0.4, 0.5) is 4.79 Å². The first-order valence-corrected chi connectivity index (χ1v) is 8.46. The Bertz CT molecular complexity index is 906. The SMILES string of the molecule is CC(C)OC(=O)C1=C(c2ccccc2)NC(=O)NC1c1ccc(O)cc1O. The number of benzene rings is 2. The zero-order valence-corrected chi connectivity index (χ0v) is 14.9. The number of hydrogen-bond acceptors (Lipinski definition) is 5. The molecule has 3 rings (SSSR count). The highest BCUT2D eigenvalue weighted by Gasteiger charge is 2.36. The maximum atomic E-state index is 12.9. The molecule has 0 spiro atoms. The molecule has 2 aromatic carbocycles. The van der Waals surface area contributed by atoms with Crippen LogP contribution in [-0.2, 0) is 9.53 Å². The molecule has 0 fully saturated rings. The van der Waals surface area contributed by atoms with Crippen LogP contribution in [-0.4, -0.2) is 28.3 Å². The summed E-state index contributed by atoms with van der Waals surface area (Å²) in [6.45, 7) is 3.45. The number of esters is 1. The van der Waals surface area contributed by atoms with Gasteiger partial charge >= 0.3 is 12.0 Å². The van der Waals surface area contributed by atoms with Crippen molar-refractivity contribution in [3.8, 4) is 11.5 Å². The van der Waals surface area contributed by atoms with E-state index in [0.29, 0.717) is 11.3 Å². The summed E-state index contributed by atoms with van der Waals surface area (Å²) >= 11 is 0. The van der Waals surface area contributed by atoms with Crippen LogP contribution in [0.1, 0.15) is 31.0 Å². The molecule has 1 aliphatic heterocycles. The summed E-state index contributed by atoms with van der Waals surface area (Å²) in [4.78, 5) is 25.1. The van der Waals surface area contributed by atoms with Crippen molar-refractivity contribution in [2.75, 3.05) is 0 Å². The van der Waals surface area contributed by atoms with Gasteiger partial charge in [0.25, 0.3) is 0 Å². The summed E-state index contributed by atoms with van der Waals surface area (Å²) in [7, 11) is 0. The smallest absolute Gasteiger partial charge is 0.338 e. The highest BCUT2D eigenvalue weighted by atomic mass is 16.5. The number of phenolic OH excluding ortho intramolecular Hbond substituents is 2. The van der Waals surface area contributed by atoms with Crippen LogP contribution < -0.4 is 10.6 Å². The van der Waals surface area contributed by atoms with Crippen LogP contribution in [0.25, 0.3) is 5.70 Å². The Balaban J connectivity index is 2.20. The topological polar surface area (TPSA) is 108 Å². The van der Waals surface area contributed by atoms with Crippen LogP contribution in [0, 0.1) is 0 Å². The van der Waals surface area contributed by atoms with E-state index in [2.05, 4.69) is 10.6 Å². The summed E-state index contributed by atoms with van der Waals surface area (Å²) in [5.41, 5.74) is 1.37. The van der Waals surface area contributed by atoms with Gasteiger partial charge in [-0.15, -0.1) is 0 Å².